The summed E-state index contributed by atoms with van der Waals surface area (Å²) >= 11 is 0. The fourth-order valence-corrected chi connectivity index (χ4v) is 9.73. The molecule has 4 aliphatic rings. The van der Waals surface area contributed by atoms with E-state index in [1.165, 1.54) is 64.2 Å². The Morgan fingerprint density at radius 1 is 0.903 bits per heavy atom. The number of hydrogen-bond donors (Lipinski definition) is 1. The highest BCUT2D eigenvalue weighted by Gasteiger charge is 2.61. The van der Waals surface area contributed by atoms with Crippen molar-refractivity contribution in [2.45, 2.75) is 112 Å². The van der Waals surface area contributed by atoms with Crippen LogP contribution in [0.5, 0.6) is 0 Å². The molecule has 0 heterocycles. The minimum absolute atomic E-state index is 0.304. The molecule has 0 aromatic carbocycles. The summed E-state index contributed by atoms with van der Waals surface area (Å²) in [4.78, 5) is 13.3. The van der Waals surface area contributed by atoms with Crippen molar-refractivity contribution in [1.29, 1.82) is 0 Å². The van der Waals surface area contributed by atoms with Crippen molar-refractivity contribution in [3.8, 4) is 0 Å². The highest BCUT2D eigenvalue weighted by Crippen LogP contribution is 2.67. The summed E-state index contributed by atoms with van der Waals surface area (Å²) in [5.41, 5.74) is 0.751. The number of aliphatic hydroxyl groups is 1. The molecule has 4 rings (SSSR count). The van der Waals surface area contributed by atoms with Crippen molar-refractivity contribution in [3.05, 3.63) is 0 Å². The van der Waals surface area contributed by atoms with E-state index in [1.54, 1.807) is 0 Å². The molecule has 0 aromatic rings. The third kappa shape index (κ3) is 4.06. The molecule has 4 saturated carbocycles. The van der Waals surface area contributed by atoms with E-state index in [0.29, 0.717) is 46.9 Å². The molecule has 2 heteroatoms. The molecule has 1 unspecified atom stereocenters. The summed E-state index contributed by atoms with van der Waals surface area (Å²) in [6.45, 7) is 12.6. The number of carbonyl (C=O) groups is 1. The van der Waals surface area contributed by atoms with Gasteiger partial charge in [0.25, 0.3) is 0 Å². The monoisotopic (exact) mass is 430 g/mol. The fraction of sp³-hybridized carbons (Fsp3) is 0.966. The van der Waals surface area contributed by atoms with Crippen LogP contribution in [0.1, 0.15) is 112 Å². The molecule has 0 radical (unpaired) electrons. The maximum atomic E-state index is 13.3. The van der Waals surface area contributed by atoms with Gasteiger partial charge < -0.3 is 5.11 Å². The smallest absolute Gasteiger partial charge is 0.136 e. The van der Waals surface area contributed by atoms with Gasteiger partial charge in [-0.3, -0.25) is 4.79 Å². The topological polar surface area (TPSA) is 37.3 Å². The highest BCUT2D eigenvalue weighted by molar-refractivity contribution is 5.83. The molecular weight excluding hydrogens is 380 g/mol. The normalized spacial score (nSPS) is 44.5. The number of rotatable bonds is 7. The van der Waals surface area contributed by atoms with E-state index in [4.69, 9.17) is 0 Å². The predicted octanol–water partition coefficient (Wildman–Crippen LogP) is 7.29. The first-order valence-electron chi connectivity index (χ1n) is 13.9. The van der Waals surface area contributed by atoms with Crippen LogP contribution in [-0.2, 0) is 4.79 Å². The van der Waals surface area contributed by atoms with Crippen LogP contribution in [-0.4, -0.2) is 17.5 Å². The Hall–Kier alpha value is -0.370. The van der Waals surface area contributed by atoms with Crippen LogP contribution < -0.4 is 0 Å². The van der Waals surface area contributed by atoms with Crippen LogP contribution in [0, 0.1) is 58.2 Å². The summed E-state index contributed by atoms with van der Waals surface area (Å²) in [6.07, 6.45) is 15.0. The SMILES string of the molecule is CC(C)[C@H](CCO)CC[C@@H](C)[C@H]1CC[C@H]2[C@@H]3CC(=O)C4CCCC[C@]4(C)[C@H]3CC[C@]12C. The third-order valence-electron chi connectivity index (χ3n) is 11.6. The molecule has 178 valence electrons. The Kier molecular flexibility index (Phi) is 6.99. The van der Waals surface area contributed by atoms with E-state index in [9.17, 15) is 9.90 Å². The predicted molar refractivity (Wildman–Crippen MR) is 129 cm³/mol. The average molecular weight is 431 g/mol. The molecule has 4 aliphatic carbocycles. The van der Waals surface area contributed by atoms with Gasteiger partial charge in [-0.25, -0.2) is 0 Å². The first-order valence-corrected chi connectivity index (χ1v) is 13.9. The van der Waals surface area contributed by atoms with E-state index < -0.39 is 0 Å². The van der Waals surface area contributed by atoms with Gasteiger partial charge in [0.05, 0.1) is 0 Å². The standard InChI is InChI=1S/C29H50O2/c1-19(2)21(14-17-30)10-9-20(3)23-11-12-24-22-18-27(31)26-8-6-7-15-28(26,4)25(22)13-16-29(23,24)5/h19-26,30H,6-18H2,1-5H3/t20-,21+,22+,23-,24+,25+,26?,28-,29-/m1/s1. The van der Waals surface area contributed by atoms with Gasteiger partial charge in [-0.15, -0.1) is 0 Å². The van der Waals surface area contributed by atoms with E-state index in [-0.39, 0.29) is 0 Å². The van der Waals surface area contributed by atoms with Crippen LogP contribution in [0.25, 0.3) is 0 Å². The average Bonchev–Trinajstić information content (AvgIpc) is 3.08. The lowest BCUT2D eigenvalue weighted by molar-refractivity contribution is -0.154. The largest absolute Gasteiger partial charge is 0.396 e. The van der Waals surface area contributed by atoms with E-state index in [2.05, 4.69) is 34.6 Å². The fourth-order valence-electron chi connectivity index (χ4n) is 9.73. The second-order valence-electron chi connectivity index (χ2n) is 13.2. The number of hydrogen-bond acceptors (Lipinski definition) is 2. The second kappa shape index (κ2) is 9.11. The molecule has 1 N–H and O–H groups in total. The van der Waals surface area contributed by atoms with Gasteiger partial charge in [-0.05, 0) is 104 Å². The lowest BCUT2D eigenvalue weighted by Crippen LogP contribution is -2.56. The maximum absolute atomic E-state index is 13.3. The molecule has 0 saturated heterocycles. The van der Waals surface area contributed by atoms with Crippen LogP contribution in [0.2, 0.25) is 0 Å². The molecule has 31 heavy (non-hydrogen) atoms. The van der Waals surface area contributed by atoms with Crippen molar-refractivity contribution >= 4 is 5.78 Å². The maximum Gasteiger partial charge on any atom is 0.136 e. The number of carbonyl (C=O) groups excluding carboxylic acids is 1. The summed E-state index contributed by atoms with van der Waals surface area (Å²) in [7, 11) is 0. The van der Waals surface area contributed by atoms with Crippen molar-refractivity contribution in [1.82, 2.24) is 0 Å². The summed E-state index contributed by atoms with van der Waals surface area (Å²) < 4.78 is 0. The Balaban J connectivity index is 1.47. The van der Waals surface area contributed by atoms with Gasteiger partial charge >= 0.3 is 0 Å². The van der Waals surface area contributed by atoms with E-state index in [1.807, 2.05) is 0 Å². The second-order valence-corrected chi connectivity index (χ2v) is 13.2. The Morgan fingerprint density at radius 2 is 1.65 bits per heavy atom. The van der Waals surface area contributed by atoms with Crippen molar-refractivity contribution in [3.63, 3.8) is 0 Å². The minimum atomic E-state index is 0.304. The number of Topliss-reactive ketones (excluding diaryl/α,β-unsaturated/α-hetero) is 1. The van der Waals surface area contributed by atoms with Gasteiger partial charge in [0.15, 0.2) is 0 Å². The molecule has 0 spiro atoms. The minimum Gasteiger partial charge on any atom is -0.396 e. The number of ketones is 1. The van der Waals surface area contributed by atoms with Crippen molar-refractivity contribution in [2.75, 3.05) is 6.61 Å². The molecule has 0 amide bonds. The van der Waals surface area contributed by atoms with Crippen LogP contribution >= 0.6 is 0 Å². The van der Waals surface area contributed by atoms with Gasteiger partial charge in [0.2, 0.25) is 0 Å². The lowest BCUT2D eigenvalue weighted by Gasteiger charge is -2.60. The van der Waals surface area contributed by atoms with Crippen LogP contribution in [0.3, 0.4) is 0 Å². The molecule has 4 fully saturated rings. The first-order chi connectivity index (χ1) is 14.7. The van der Waals surface area contributed by atoms with Crippen molar-refractivity contribution in [2.24, 2.45) is 58.2 Å². The molecular formula is C29H50O2. The van der Waals surface area contributed by atoms with Gasteiger partial charge in [-0.1, -0.05) is 53.9 Å². The Labute approximate surface area is 192 Å². The molecule has 0 bridgehead atoms. The quantitative estimate of drug-likeness (QED) is 0.460. The first kappa shape index (κ1) is 23.8. The number of fused-ring (bicyclic) bond motifs is 5. The van der Waals surface area contributed by atoms with Crippen molar-refractivity contribution < 1.29 is 9.90 Å². The molecule has 9 atom stereocenters. The summed E-state index contributed by atoms with van der Waals surface area (Å²) in [5.74, 6) is 6.18. The van der Waals surface area contributed by atoms with Gasteiger partial charge in [-0.2, -0.15) is 0 Å². The molecule has 2 nitrogen and oxygen atoms in total. The lowest BCUT2D eigenvalue weighted by atomic mass is 9.44. The van der Waals surface area contributed by atoms with E-state index >= 15 is 0 Å². The number of aliphatic hydroxyl groups excluding tert-OH is 1. The van der Waals surface area contributed by atoms with Crippen LogP contribution in [0.4, 0.5) is 0 Å². The zero-order valence-electron chi connectivity index (χ0n) is 21.2. The zero-order chi connectivity index (χ0) is 22.4. The van der Waals surface area contributed by atoms with E-state index in [0.717, 1.165) is 36.5 Å². The summed E-state index contributed by atoms with van der Waals surface area (Å²) in [6, 6.07) is 0. The summed E-state index contributed by atoms with van der Waals surface area (Å²) in [5, 5.41) is 9.46. The van der Waals surface area contributed by atoms with Crippen LogP contribution in [0.15, 0.2) is 0 Å². The Bertz CT molecular complexity index is 641. The van der Waals surface area contributed by atoms with Gasteiger partial charge in [0, 0.05) is 18.9 Å². The highest BCUT2D eigenvalue weighted by atomic mass is 16.3. The third-order valence-corrected chi connectivity index (χ3v) is 11.6. The van der Waals surface area contributed by atoms with Gasteiger partial charge in [0.1, 0.15) is 5.78 Å². The Morgan fingerprint density at radius 3 is 2.35 bits per heavy atom. The zero-order valence-corrected chi connectivity index (χ0v) is 21.2. The molecule has 0 aromatic heterocycles. The molecule has 0 aliphatic heterocycles.